The molecule has 0 fully saturated rings. The third-order valence-electron chi connectivity index (χ3n) is 8.11. The SMILES string of the molecule is CCCCCCCCCSCSCCCCCCCCC(=O)CCCCCCCCSCSCCCCCCCCC. The van der Waals surface area contributed by atoms with Crippen LogP contribution < -0.4 is 0 Å². The van der Waals surface area contributed by atoms with Gasteiger partial charge < -0.3 is 0 Å². The summed E-state index contributed by atoms with van der Waals surface area (Å²) in [5, 5.41) is 2.58. The first-order valence-corrected chi connectivity index (χ1v) is 23.3. The number of ketones is 1. The first-order chi connectivity index (χ1) is 20.8. The molecule has 0 unspecified atom stereocenters. The van der Waals surface area contributed by atoms with Crippen LogP contribution in [0.1, 0.15) is 194 Å². The monoisotopic (exact) mass is 662 g/mol. The molecule has 42 heavy (non-hydrogen) atoms. The van der Waals surface area contributed by atoms with Crippen LogP contribution in [0.25, 0.3) is 0 Å². The third kappa shape index (κ3) is 39.1. The quantitative estimate of drug-likeness (QED) is 0.0482. The zero-order chi connectivity index (χ0) is 30.4. The van der Waals surface area contributed by atoms with Gasteiger partial charge in [0.15, 0.2) is 0 Å². The van der Waals surface area contributed by atoms with Crippen molar-refractivity contribution in [1.82, 2.24) is 0 Å². The molecule has 0 aromatic carbocycles. The molecule has 0 aliphatic carbocycles. The van der Waals surface area contributed by atoms with Crippen LogP contribution in [0.3, 0.4) is 0 Å². The van der Waals surface area contributed by atoms with Crippen molar-refractivity contribution < 1.29 is 4.79 Å². The molecule has 0 saturated heterocycles. The Bertz CT molecular complexity index is 460. The van der Waals surface area contributed by atoms with Gasteiger partial charge in [-0.25, -0.2) is 0 Å². The Morgan fingerprint density at radius 2 is 0.571 bits per heavy atom. The lowest BCUT2D eigenvalue weighted by Crippen LogP contribution is -1.97. The van der Waals surface area contributed by atoms with Gasteiger partial charge in [0.2, 0.25) is 0 Å². The number of thioether (sulfide) groups is 4. The molecular weight excluding hydrogens is 589 g/mol. The second kappa shape index (κ2) is 40.1. The van der Waals surface area contributed by atoms with E-state index in [4.69, 9.17) is 0 Å². The highest BCUT2D eigenvalue weighted by atomic mass is 32.2. The van der Waals surface area contributed by atoms with E-state index < -0.39 is 0 Å². The number of Topliss-reactive ketones (excluding diaryl/α,β-unsaturated/α-hetero) is 1. The first-order valence-electron chi connectivity index (χ1n) is 18.6. The van der Waals surface area contributed by atoms with Crippen molar-refractivity contribution in [3.05, 3.63) is 0 Å². The topological polar surface area (TPSA) is 17.1 Å². The lowest BCUT2D eigenvalue weighted by Gasteiger charge is -2.05. The van der Waals surface area contributed by atoms with Gasteiger partial charge in [-0.15, -0.1) is 0 Å². The van der Waals surface area contributed by atoms with Crippen molar-refractivity contribution in [2.45, 2.75) is 194 Å². The molecule has 0 heterocycles. The van der Waals surface area contributed by atoms with Gasteiger partial charge >= 0.3 is 0 Å². The molecule has 0 saturated carbocycles. The standard InChI is InChI=1S/C37H74OS4/c1-3-5-7-9-13-19-25-31-39-35-41-33-27-21-15-11-17-23-29-37(38)30-24-18-12-16-22-28-34-42-36-40-32-26-20-14-10-8-6-4-2/h3-36H2,1-2H3. The van der Waals surface area contributed by atoms with E-state index in [1.807, 2.05) is 0 Å². The second-order valence-corrected chi connectivity index (χ2v) is 17.5. The molecule has 0 aliphatic heterocycles. The van der Waals surface area contributed by atoms with Crippen LogP contribution >= 0.6 is 47.0 Å². The van der Waals surface area contributed by atoms with E-state index in [2.05, 4.69) is 60.9 Å². The summed E-state index contributed by atoms with van der Waals surface area (Å²) in [7, 11) is 0. The molecule has 0 N–H and O–H groups in total. The number of hydrogen-bond acceptors (Lipinski definition) is 5. The maximum absolute atomic E-state index is 12.2. The lowest BCUT2D eigenvalue weighted by atomic mass is 10.0. The zero-order valence-corrected chi connectivity index (χ0v) is 31.8. The highest BCUT2D eigenvalue weighted by Gasteiger charge is 2.02. The molecule has 1 nitrogen and oxygen atoms in total. The first kappa shape index (κ1) is 43.1. The largest absolute Gasteiger partial charge is 0.300 e. The molecule has 252 valence electrons. The average Bonchev–Trinajstić information content (AvgIpc) is 3.00. The van der Waals surface area contributed by atoms with Gasteiger partial charge in [0.1, 0.15) is 5.78 Å². The fourth-order valence-electron chi connectivity index (χ4n) is 5.27. The maximum Gasteiger partial charge on any atom is 0.132 e. The molecule has 0 aromatic rings. The normalized spacial score (nSPS) is 11.5. The van der Waals surface area contributed by atoms with Crippen LogP contribution in [0.5, 0.6) is 0 Å². The Kier molecular flexibility index (Phi) is 41.1. The van der Waals surface area contributed by atoms with E-state index in [9.17, 15) is 4.79 Å². The molecule has 0 aromatic heterocycles. The molecule has 0 atom stereocenters. The van der Waals surface area contributed by atoms with Crippen LogP contribution in [-0.2, 0) is 4.79 Å². The average molecular weight is 663 g/mol. The molecule has 5 heteroatoms. The van der Waals surface area contributed by atoms with E-state index in [0.29, 0.717) is 5.78 Å². The second-order valence-electron chi connectivity index (χ2n) is 12.4. The molecule has 0 bridgehead atoms. The van der Waals surface area contributed by atoms with Crippen LogP contribution in [0, 0.1) is 0 Å². The molecule has 0 radical (unpaired) electrons. The minimum absolute atomic E-state index is 0.519. The van der Waals surface area contributed by atoms with Crippen molar-refractivity contribution in [2.75, 3.05) is 33.2 Å². The smallest absolute Gasteiger partial charge is 0.132 e. The summed E-state index contributed by atoms with van der Waals surface area (Å²) in [6, 6.07) is 0. The van der Waals surface area contributed by atoms with Crippen LogP contribution in [0.2, 0.25) is 0 Å². The predicted octanol–water partition coefficient (Wildman–Crippen LogP) is 14.4. The van der Waals surface area contributed by atoms with Crippen LogP contribution in [0.4, 0.5) is 0 Å². The van der Waals surface area contributed by atoms with Gasteiger partial charge in [0.05, 0.1) is 0 Å². The minimum atomic E-state index is 0.519. The van der Waals surface area contributed by atoms with Crippen molar-refractivity contribution in [3.8, 4) is 0 Å². The van der Waals surface area contributed by atoms with E-state index in [0.717, 1.165) is 25.7 Å². The van der Waals surface area contributed by atoms with E-state index >= 15 is 0 Å². The van der Waals surface area contributed by atoms with Gasteiger partial charge in [-0.1, -0.05) is 142 Å². The fourth-order valence-corrected chi connectivity index (χ4v) is 9.73. The van der Waals surface area contributed by atoms with Gasteiger partial charge in [-0.2, -0.15) is 47.0 Å². The van der Waals surface area contributed by atoms with Crippen LogP contribution in [-0.4, -0.2) is 39.0 Å². The molecule has 0 aliphatic rings. The summed E-state index contributed by atoms with van der Waals surface area (Å²) in [6.45, 7) is 4.59. The lowest BCUT2D eigenvalue weighted by molar-refractivity contribution is -0.119. The number of carbonyl (C=O) groups is 1. The molecule has 0 spiro atoms. The van der Waals surface area contributed by atoms with Gasteiger partial charge in [-0.05, 0) is 61.5 Å². The highest BCUT2D eigenvalue weighted by Crippen LogP contribution is 2.19. The Morgan fingerprint density at radius 3 is 0.857 bits per heavy atom. The summed E-state index contributed by atoms with van der Waals surface area (Å²) in [5.74, 6) is 5.90. The fraction of sp³-hybridized carbons (Fsp3) is 0.973. The Balaban J connectivity index is 3.14. The van der Waals surface area contributed by atoms with Gasteiger partial charge in [0.25, 0.3) is 0 Å². The molecule has 0 amide bonds. The molecule has 0 rings (SSSR count). The van der Waals surface area contributed by atoms with Crippen molar-refractivity contribution >= 4 is 52.8 Å². The summed E-state index contributed by atoms with van der Waals surface area (Å²) in [4.78, 5) is 12.2. The number of unbranched alkanes of at least 4 members (excludes halogenated alkanes) is 22. The maximum atomic E-state index is 12.2. The van der Waals surface area contributed by atoms with Gasteiger partial charge in [-0.3, -0.25) is 4.79 Å². The Labute approximate surface area is 283 Å². The van der Waals surface area contributed by atoms with Crippen molar-refractivity contribution in [1.29, 1.82) is 0 Å². The summed E-state index contributed by atoms with van der Waals surface area (Å²) < 4.78 is 0. The number of carbonyl (C=O) groups excluding carboxylic acids is 1. The van der Waals surface area contributed by atoms with Crippen molar-refractivity contribution in [3.63, 3.8) is 0 Å². The van der Waals surface area contributed by atoms with Crippen molar-refractivity contribution in [2.24, 2.45) is 0 Å². The summed E-state index contributed by atoms with van der Waals surface area (Å²) >= 11 is 8.57. The zero-order valence-electron chi connectivity index (χ0n) is 28.6. The summed E-state index contributed by atoms with van der Waals surface area (Å²) in [5.41, 5.74) is 0. The van der Waals surface area contributed by atoms with Gasteiger partial charge in [0, 0.05) is 23.0 Å². The van der Waals surface area contributed by atoms with Crippen LogP contribution in [0.15, 0.2) is 0 Å². The number of rotatable bonds is 38. The number of hydrogen-bond donors (Lipinski definition) is 0. The third-order valence-corrected chi connectivity index (χ3v) is 13.1. The Hall–Kier alpha value is 1.07. The minimum Gasteiger partial charge on any atom is -0.300 e. The predicted molar refractivity (Wildman–Crippen MR) is 205 cm³/mol. The highest BCUT2D eigenvalue weighted by molar-refractivity contribution is 8.16. The van der Waals surface area contributed by atoms with E-state index in [-0.39, 0.29) is 0 Å². The molecular formula is C37H74OS4. The van der Waals surface area contributed by atoms with E-state index in [1.54, 1.807) is 0 Å². The summed E-state index contributed by atoms with van der Waals surface area (Å²) in [6.07, 6.45) is 37.2. The van der Waals surface area contributed by atoms with E-state index in [1.165, 1.54) is 187 Å². The Morgan fingerprint density at radius 1 is 0.333 bits per heavy atom.